The molecule has 0 bridgehead atoms. The molecule has 0 fully saturated rings. The van der Waals surface area contributed by atoms with Gasteiger partial charge in [0.05, 0.1) is 145 Å². The van der Waals surface area contributed by atoms with Gasteiger partial charge in [-0.3, -0.25) is 0 Å². The van der Waals surface area contributed by atoms with Gasteiger partial charge in [0, 0.05) is 7.11 Å². The molecule has 0 aromatic carbocycles. The number of aliphatic hydroxyl groups excluding tert-OH is 1. The van der Waals surface area contributed by atoms with Crippen LogP contribution in [0.15, 0.2) is 0 Å². The summed E-state index contributed by atoms with van der Waals surface area (Å²) in [5.74, 6) is -62.6. The van der Waals surface area contributed by atoms with Crippen molar-refractivity contribution < 1.29 is 132 Å². The lowest BCUT2D eigenvalue weighted by Gasteiger charge is -2.43. The fourth-order valence-corrected chi connectivity index (χ4v) is 3.98. The highest BCUT2D eigenvalue weighted by Crippen LogP contribution is 2.63. The van der Waals surface area contributed by atoms with Gasteiger partial charge in [0.15, 0.2) is 0 Å². The summed E-state index contributed by atoms with van der Waals surface area (Å²) in [5, 5.41) is 8.04. The second-order valence-electron chi connectivity index (χ2n) is 12.2. The molecule has 0 aliphatic heterocycles. The second-order valence-corrected chi connectivity index (χ2v) is 12.2. The topological polar surface area (TPSA) is 131 Å². The van der Waals surface area contributed by atoms with E-state index in [0.29, 0.717) is 79.3 Å². The average molecular weight is 961 g/mol. The molecule has 374 valence electrons. The molecule has 0 aliphatic rings. The predicted molar refractivity (Wildman–Crippen MR) is 178 cm³/mol. The Morgan fingerprint density at radius 2 is 0.435 bits per heavy atom. The van der Waals surface area contributed by atoms with Gasteiger partial charge in [0.1, 0.15) is 13.2 Å². The van der Waals surface area contributed by atoms with Gasteiger partial charge in [-0.05, 0) is 0 Å². The Kier molecular flexibility index (Phi) is 29.0. The van der Waals surface area contributed by atoms with Crippen LogP contribution in [0.25, 0.3) is 0 Å². The Balaban J connectivity index is 3.99. The van der Waals surface area contributed by atoms with E-state index in [1.807, 2.05) is 0 Å². The molecule has 0 amide bonds. The van der Waals surface area contributed by atoms with E-state index in [1.54, 1.807) is 7.11 Å². The molecule has 0 heterocycles. The van der Waals surface area contributed by atoms with Crippen molar-refractivity contribution in [3.05, 3.63) is 0 Å². The van der Waals surface area contributed by atoms with Gasteiger partial charge >= 0.3 is 47.4 Å². The smallest absolute Gasteiger partial charge is 0.385 e. The van der Waals surface area contributed by atoms with Gasteiger partial charge < -0.3 is 61.9 Å². The van der Waals surface area contributed by atoms with Crippen molar-refractivity contribution in [1.82, 2.24) is 0 Å². The van der Waals surface area contributed by atoms with Crippen molar-refractivity contribution in [2.24, 2.45) is 0 Å². The first-order chi connectivity index (χ1) is 28.9. The van der Waals surface area contributed by atoms with E-state index in [4.69, 9.17) is 57.2 Å². The summed E-state index contributed by atoms with van der Waals surface area (Å²) in [4.78, 5) is 0. The molecule has 0 spiro atoms. The number of rotatable bonds is 43. The van der Waals surface area contributed by atoms with Gasteiger partial charge in [-0.25, -0.2) is 0 Å². The van der Waals surface area contributed by atoms with Crippen LogP contribution < -0.4 is 0 Å². The lowest BCUT2D eigenvalue weighted by molar-refractivity contribution is -0.455. The quantitative estimate of drug-likeness (QED) is 0.0659. The predicted octanol–water partition coefficient (Wildman–Crippen LogP) is 4.89. The first-order valence-electron chi connectivity index (χ1n) is 18.3. The fraction of sp³-hybridized carbons (Fsp3) is 1.00. The van der Waals surface area contributed by atoms with Crippen LogP contribution in [-0.4, -0.2) is 218 Å². The average Bonchev–Trinajstić information content (AvgIpc) is 3.20. The Morgan fingerprint density at radius 3 is 0.645 bits per heavy atom. The third-order valence-electron chi connectivity index (χ3n) is 7.52. The highest BCUT2D eigenvalue weighted by molar-refractivity contribution is 5.15. The van der Waals surface area contributed by atoms with Crippen LogP contribution in [0.4, 0.5) is 70.2 Å². The summed E-state index contributed by atoms with van der Waals surface area (Å²) >= 11 is 0. The van der Waals surface area contributed by atoms with Gasteiger partial charge in [0.2, 0.25) is 0 Å². The lowest BCUT2D eigenvalue weighted by Crippen LogP contribution is -2.75. The molecule has 0 saturated heterocycles. The van der Waals surface area contributed by atoms with Crippen LogP contribution in [0.3, 0.4) is 0 Å². The van der Waals surface area contributed by atoms with Crippen molar-refractivity contribution in [1.29, 1.82) is 0 Å². The van der Waals surface area contributed by atoms with Crippen molar-refractivity contribution >= 4 is 0 Å². The number of alkyl halides is 16. The van der Waals surface area contributed by atoms with E-state index >= 15 is 0 Å². The summed E-state index contributed by atoms with van der Waals surface area (Å²) in [7, 11) is 1.59. The van der Waals surface area contributed by atoms with Crippen molar-refractivity contribution in [3.63, 3.8) is 0 Å². The molecular formula is C33H52F16O13. The minimum absolute atomic E-state index is 0.0109. The summed E-state index contributed by atoms with van der Waals surface area (Å²) in [6.07, 6.45) is 0. The standard InChI is InChI=1S/C33H52F16O13/c1-51-2-3-52-4-5-53-6-7-54-8-9-55-10-11-56-12-13-57-14-15-58-16-17-59-18-19-60-20-21-61-22-23-62-25-27(36,37)29(40,41)31(44,45)33(48,49)32(46,47)30(42,43)28(38,39)26(34,35)24-50/h50H,2-25H2,1H3. The Hall–Kier alpha value is -1.64. The minimum Gasteiger partial charge on any atom is -0.390 e. The molecule has 0 unspecified atom stereocenters. The van der Waals surface area contributed by atoms with E-state index in [-0.39, 0.29) is 52.9 Å². The van der Waals surface area contributed by atoms with E-state index in [9.17, 15) is 70.2 Å². The van der Waals surface area contributed by atoms with Crippen LogP contribution in [0.1, 0.15) is 0 Å². The van der Waals surface area contributed by atoms with Crippen molar-refractivity contribution in [2.45, 2.75) is 47.4 Å². The second kappa shape index (κ2) is 29.8. The maximum atomic E-state index is 13.9. The summed E-state index contributed by atoms with van der Waals surface area (Å²) < 4.78 is 280. The summed E-state index contributed by atoms with van der Waals surface area (Å²) in [6.45, 7) is -2.69. The Bertz CT molecular complexity index is 1130. The van der Waals surface area contributed by atoms with E-state index in [1.165, 1.54) is 0 Å². The summed E-state index contributed by atoms with van der Waals surface area (Å²) in [5.41, 5.74) is 0. The number of methoxy groups -OCH3 is 1. The van der Waals surface area contributed by atoms with Crippen LogP contribution in [0.5, 0.6) is 0 Å². The molecular weight excluding hydrogens is 908 g/mol. The number of hydrogen-bond donors (Lipinski definition) is 1. The first-order valence-corrected chi connectivity index (χ1v) is 18.3. The third-order valence-corrected chi connectivity index (χ3v) is 7.52. The molecule has 0 aliphatic carbocycles. The van der Waals surface area contributed by atoms with Gasteiger partial charge in [-0.2, -0.15) is 70.2 Å². The molecule has 0 saturated carbocycles. The third kappa shape index (κ3) is 18.7. The van der Waals surface area contributed by atoms with Gasteiger partial charge in [0.25, 0.3) is 0 Å². The van der Waals surface area contributed by atoms with Crippen LogP contribution in [0.2, 0.25) is 0 Å². The molecule has 29 heteroatoms. The van der Waals surface area contributed by atoms with Crippen LogP contribution >= 0.6 is 0 Å². The maximum absolute atomic E-state index is 13.9. The van der Waals surface area contributed by atoms with E-state index in [0.717, 1.165) is 0 Å². The number of hydrogen-bond acceptors (Lipinski definition) is 13. The molecule has 1 N–H and O–H groups in total. The van der Waals surface area contributed by atoms with Gasteiger partial charge in [-0.1, -0.05) is 0 Å². The lowest BCUT2D eigenvalue weighted by atomic mass is 9.88. The van der Waals surface area contributed by atoms with Crippen LogP contribution in [-0.2, 0) is 56.8 Å². The van der Waals surface area contributed by atoms with Crippen LogP contribution in [0, 0.1) is 0 Å². The normalized spacial score (nSPS) is 14.0. The largest absolute Gasteiger partial charge is 0.390 e. The summed E-state index contributed by atoms with van der Waals surface area (Å²) in [6, 6.07) is 0. The monoisotopic (exact) mass is 960 g/mol. The highest BCUT2D eigenvalue weighted by atomic mass is 19.4. The molecule has 0 aromatic heterocycles. The van der Waals surface area contributed by atoms with Gasteiger partial charge in [-0.15, -0.1) is 0 Å². The number of aliphatic hydroxyl groups is 1. The van der Waals surface area contributed by atoms with Crippen molar-refractivity contribution in [2.75, 3.05) is 166 Å². The maximum Gasteiger partial charge on any atom is 0.385 e. The molecule has 0 aromatic rings. The molecule has 0 atom stereocenters. The Morgan fingerprint density at radius 1 is 0.258 bits per heavy atom. The highest BCUT2D eigenvalue weighted by Gasteiger charge is 2.94. The molecule has 13 nitrogen and oxygen atoms in total. The minimum atomic E-state index is -8.55. The number of halogens is 16. The van der Waals surface area contributed by atoms with Crippen molar-refractivity contribution in [3.8, 4) is 0 Å². The number of ether oxygens (including phenoxy) is 12. The first kappa shape index (κ1) is 60.4. The Labute approximate surface area is 345 Å². The van der Waals surface area contributed by atoms with E-state index in [2.05, 4.69) is 4.74 Å². The molecule has 0 rings (SSSR count). The van der Waals surface area contributed by atoms with E-state index < -0.39 is 73.8 Å². The molecule has 62 heavy (non-hydrogen) atoms. The molecule has 0 radical (unpaired) electrons. The zero-order chi connectivity index (χ0) is 47.5. The fourth-order valence-electron chi connectivity index (χ4n) is 3.98. The zero-order valence-electron chi connectivity index (χ0n) is 33.4. The zero-order valence-corrected chi connectivity index (χ0v) is 33.4. The SMILES string of the molecule is COCCOCCOCCOCCOCCOCCOCCOCCOCCOCCOCCOCC(F)(F)C(F)(F)C(F)(F)C(F)(F)C(F)(F)C(F)(F)C(F)(F)C(F)(F)CO.